The molecule has 1 aromatic carbocycles. The number of benzene rings is 1. The van der Waals surface area contributed by atoms with Crippen LogP contribution < -0.4 is 0 Å². The summed E-state index contributed by atoms with van der Waals surface area (Å²) in [5.74, 6) is 0.507. The number of nitrogens with zero attached hydrogens (tertiary/aromatic N) is 2. The monoisotopic (exact) mass is 294 g/mol. The van der Waals surface area contributed by atoms with Crippen LogP contribution in [0.25, 0.3) is 11.0 Å². The number of carbonyl (C=O) groups excluding carboxylic acids is 1. The Bertz CT molecular complexity index is 568. The fourth-order valence-corrected chi connectivity index (χ4v) is 2.34. The highest BCUT2D eigenvalue weighted by molar-refractivity contribution is 6.18. The molecule has 20 heavy (non-hydrogen) atoms. The number of alkyl halides is 1. The zero-order valence-corrected chi connectivity index (χ0v) is 12.4. The van der Waals surface area contributed by atoms with Gasteiger partial charge >= 0.3 is 0 Å². The summed E-state index contributed by atoms with van der Waals surface area (Å²) in [4.78, 5) is 14.1. The van der Waals surface area contributed by atoms with Crippen molar-refractivity contribution in [2.24, 2.45) is 0 Å². The highest BCUT2D eigenvalue weighted by Gasteiger charge is 2.17. The Balaban J connectivity index is 2.08. The van der Waals surface area contributed by atoms with Crippen LogP contribution in [0.2, 0.25) is 0 Å². The number of carbonyl (C=O) groups is 1. The molecule has 0 radical (unpaired) electrons. The number of aromatic nitrogens is 1. The Morgan fingerprint density at radius 1 is 1.35 bits per heavy atom. The minimum atomic E-state index is 0.0538. The van der Waals surface area contributed by atoms with Crippen LogP contribution in [-0.2, 0) is 11.2 Å². The highest BCUT2D eigenvalue weighted by Crippen LogP contribution is 2.18. The van der Waals surface area contributed by atoms with Gasteiger partial charge in [0, 0.05) is 24.4 Å². The van der Waals surface area contributed by atoms with E-state index in [1.807, 2.05) is 24.3 Å². The van der Waals surface area contributed by atoms with E-state index in [-0.39, 0.29) is 12.3 Å². The van der Waals surface area contributed by atoms with Crippen LogP contribution in [-0.4, -0.2) is 34.9 Å². The summed E-state index contributed by atoms with van der Waals surface area (Å²) in [5.41, 5.74) is 1.41. The Labute approximate surface area is 123 Å². The first-order valence-corrected chi connectivity index (χ1v) is 7.46. The van der Waals surface area contributed by atoms with Crippen LogP contribution in [0, 0.1) is 0 Å². The van der Waals surface area contributed by atoms with E-state index in [1.165, 1.54) is 0 Å². The lowest BCUT2D eigenvalue weighted by Gasteiger charge is -2.21. The number of para-hydroxylation sites is 1. The fourth-order valence-electron chi connectivity index (χ4n) is 2.13. The van der Waals surface area contributed by atoms with Crippen molar-refractivity contribution in [2.75, 3.05) is 19.0 Å². The Morgan fingerprint density at radius 2 is 2.15 bits per heavy atom. The van der Waals surface area contributed by atoms with Gasteiger partial charge in [-0.1, -0.05) is 30.6 Å². The molecule has 0 aliphatic rings. The van der Waals surface area contributed by atoms with Gasteiger partial charge in [-0.3, -0.25) is 4.79 Å². The van der Waals surface area contributed by atoms with Gasteiger partial charge in [0.15, 0.2) is 5.58 Å². The number of amides is 1. The molecule has 0 saturated carbocycles. The van der Waals surface area contributed by atoms with Crippen molar-refractivity contribution in [1.82, 2.24) is 10.1 Å². The molecule has 4 nitrogen and oxygen atoms in total. The molecule has 0 unspecified atom stereocenters. The molecule has 0 aliphatic carbocycles. The third-order valence-corrected chi connectivity index (χ3v) is 3.43. The first-order valence-electron chi connectivity index (χ1n) is 6.93. The maximum Gasteiger partial charge on any atom is 0.228 e. The molecule has 0 N–H and O–H groups in total. The van der Waals surface area contributed by atoms with Crippen LogP contribution in [0.1, 0.15) is 25.5 Å². The van der Waals surface area contributed by atoms with Gasteiger partial charge in [0.25, 0.3) is 0 Å². The lowest BCUT2D eigenvalue weighted by atomic mass is 10.1. The van der Waals surface area contributed by atoms with Crippen molar-refractivity contribution in [2.45, 2.75) is 26.2 Å². The number of rotatable bonds is 7. The molecule has 2 aromatic rings. The molecule has 1 aromatic heterocycles. The topological polar surface area (TPSA) is 46.3 Å². The molecule has 1 amide bonds. The summed E-state index contributed by atoms with van der Waals surface area (Å²) in [6.45, 7) is 3.43. The van der Waals surface area contributed by atoms with Gasteiger partial charge in [0.1, 0.15) is 5.69 Å². The molecule has 2 rings (SSSR count). The van der Waals surface area contributed by atoms with Gasteiger partial charge in [-0.25, -0.2) is 0 Å². The van der Waals surface area contributed by atoms with E-state index in [9.17, 15) is 4.79 Å². The molecule has 0 fully saturated rings. The van der Waals surface area contributed by atoms with Crippen LogP contribution in [0.15, 0.2) is 28.8 Å². The maximum absolute atomic E-state index is 12.3. The third kappa shape index (κ3) is 3.51. The summed E-state index contributed by atoms with van der Waals surface area (Å²) in [7, 11) is 0. The van der Waals surface area contributed by atoms with E-state index < -0.39 is 0 Å². The lowest BCUT2D eigenvalue weighted by Crippen LogP contribution is -2.34. The SMILES string of the molecule is CCCCN(CCCl)C(=O)Cc1noc2ccccc12. The fraction of sp³-hybridized carbons (Fsp3) is 0.467. The van der Waals surface area contributed by atoms with Crippen molar-refractivity contribution in [3.8, 4) is 0 Å². The molecule has 0 saturated heterocycles. The standard InChI is InChI=1S/C15H19ClN2O2/c1-2-3-9-18(10-8-16)15(19)11-13-12-6-4-5-7-14(12)20-17-13/h4-7H,2-3,8-11H2,1H3. The second-order valence-electron chi connectivity index (χ2n) is 4.73. The van der Waals surface area contributed by atoms with E-state index >= 15 is 0 Å². The molecule has 0 atom stereocenters. The molecular formula is C15H19ClN2O2. The van der Waals surface area contributed by atoms with Gasteiger partial charge in [-0.2, -0.15) is 0 Å². The average molecular weight is 295 g/mol. The van der Waals surface area contributed by atoms with Gasteiger partial charge in [-0.15, -0.1) is 11.6 Å². The van der Waals surface area contributed by atoms with Crippen LogP contribution >= 0.6 is 11.6 Å². The normalized spacial score (nSPS) is 10.9. The zero-order valence-electron chi connectivity index (χ0n) is 11.6. The summed E-state index contributed by atoms with van der Waals surface area (Å²) in [5, 5.41) is 4.91. The van der Waals surface area contributed by atoms with Crippen LogP contribution in [0.4, 0.5) is 0 Å². The largest absolute Gasteiger partial charge is 0.356 e. The second-order valence-corrected chi connectivity index (χ2v) is 5.10. The van der Waals surface area contributed by atoms with Gasteiger partial charge in [-0.05, 0) is 18.6 Å². The molecule has 5 heteroatoms. The Kier molecular flexibility index (Phi) is 5.41. The van der Waals surface area contributed by atoms with Gasteiger partial charge in [0.2, 0.25) is 5.91 Å². The van der Waals surface area contributed by atoms with E-state index in [1.54, 1.807) is 4.90 Å². The minimum Gasteiger partial charge on any atom is -0.356 e. The van der Waals surface area contributed by atoms with Crippen LogP contribution in [0.3, 0.4) is 0 Å². The number of halogens is 1. The third-order valence-electron chi connectivity index (χ3n) is 3.26. The lowest BCUT2D eigenvalue weighted by molar-refractivity contribution is -0.130. The van der Waals surface area contributed by atoms with E-state index in [0.29, 0.717) is 23.7 Å². The van der Waals surface area contributed by atoms with E-state index in [0.717, 1.165) is 24.8 Å². The first kappa shape index (κ1) is 14.9. The Morgan fingerprint density at radius 3 is 2.90 bits per heavy atom. The van der Waals surface area contributed by atoms with Gasteiger partial charge in [0.05, 0.1) is 6.42 Å². The van der Waals surface area contributed by atoms with E-state index in [4.69, 9.17) is 16.1 Å². The van der Waals surface area contributed by atoms with Crippen molar-refractivity contribution in [3.05, 3.63) is 30.0 Å². The zero-order chi connectivity index (χ0) is 14.4. The summed E-state index contributed by atoms with van der Waals surface area (Å²) in [6, 6.07) is 7.58. The average Bonchev–Trinajstić information content (AvgIpc) is 2.87. The molecule has 1 heterocycles. The number of hydrogen-bond acceptors (Lipinski definition) is 3. The molecule has 0 spiro atoms. The van der Waals surface area contributed by atoms with Crippen molar-refractivity contribution < 1.29 is 9.32 Å². The summed E-state index contributed by atoms with van der Waals surface area (Å²) in [6.07, 6.45) is 2.30. The van der Waals surface area contributed by atoms with Gasteiger partial charge < -0.3 is 9.42 Å². The van der Waals surface area contributed by atoms with E-state index in [2.05, 4.69) is 12.1 Å². The highest BCUT2D eigenvalue weighted by atomic mass is 35.5. The molecule has 0 aliphatic heterocycles. The van der Waals surface area contributed by atoms with Crippen molar-refractivity contribution in [3.63, 3.8) is 0 Å². The summed E-state index contributed by atoms with van der Waals surface area (Å²) < 4.78 is 5.22. The molecular weight excluding hydrogens is 276 g/mol. The number of fused-ring (bicyclic) bond motifs is 1. The first-order chi connectivity index (χ1) is 9.76. The molecule has 0 bridgehead atoms. The molecule has 108 valence electrons. The smallest absolute Gasteiger partial charge is 0.228 e. The predicted octanol–water partition coefficient (Wildman–Crippen LogP) is 3.24. The Hall–Kier alpha value is -1.55. The number of hydrogen-bond donors (Lipinski definition) is 0. The van der Waals surface area contributed by atoms with Crippen LogP contribution in [0.5, 0.6) is 0 Å². The number of unbranched alkanes of at least 4 members (excludes halogenated alkanes) is 1. The minimum absolute atomic E-state index is 0.0538. The quantitative estimate of drug-likeness (QED) is 0.737. The summed E-state index contributed by atoms with van der Waals surface area (Å²) >= 11 is 5.77. The van der Waals surface area contributed by atoms with Crippen molar-refractivity contribution >= 4 is 28.5 Å². The van der Waals surface area contributed by atoms with Crippen molar-refractivity contribution in [1.29, 1.82) is 0 Å². The maximum atomic E-state index is 12.3. The second kappa shape index (κ2) is 7.29. The predicted molar refractivity (Wildman–Crippen MR) is 79.9 cm³/mol.